The summed E-state index contributed by atoms with van der Waals surface area (Å²) in [6.07, 6.45) is -5.52. The molecule has 0 saturated carbocycles. The average Bonchev–Trinajstić information content (AvgIpc) is 3.61. The molecule has 47 heavy (non-hydrogen) atoms. The number of aliphatic hydroxyl groups is 4. The number of ether oxygens (including phenoxy) is 2. The Kier molecular flexibility index (Phi) is 13.2. The van der Waals surface area contributed by atoms with Gasteiger partial charge in [0.25, 0.3) is 0 Å². The molecule has 0 aliphatic rings. The van der Waals surface area contributed by atoms with Crippen molar-refractivity contribution in [2.75, 3.05) is 13.6 Å². The second kappa shape index (κ2) is 16.9. The Hall–Kier alpha value is -3.01. The molecule has 0 aliphatic carbocycles. The molecule has 0 aliphatic heterocycles. The van der Waals surface area contributed by atoms with E-state index in [4.69, 9.17) is 24.8 Å². The number of alkyl halides is 3. The van der Waals surface area contributed by atoms with Crippen LogP contribution in [-0.4, -0.2) is 56.3 Å². The number of thiophene rings is 1. The van der Waals surface area contributed by atoms with E-state index in [1.54, 1.807) is 23.8 Å². The number of aliphatic hydroxyl groups excluding tert-OH is 4. The van der Waals surface area contributed by atoms with Crippen molar-refractivity contribution in [2.45, 2.75) is 24.8 Å². The summed E-state index contributed by atoms with van der Waals surface area (Å²) in [6.45, 7) is -0.705. The van der Waals surface area contributed by atoms with Crippen LogP contribution in [0, 0.1) is 49.4 Å². The number of hydrogen-bond donors (Lipinski definition) is 4. The van der Waals surface area contributed by atoms with Gasteiger partial charge in [-0.05, 0) is 70.1 Å². The van der Waals surface area contributed by atoms with Crippen molar-refractivity contribution in [1.82, 2.24) is 9.97 Å². The zero-order valence-corrected chi connectivity index (χ0v) is 27.8. The van der Waals surface area contributed by atoms with Gasteiger partial charge in [-0.25, -0.2) is 0 Å². The summed E-state index contributed by atoms with van der Waals surface area (Å²) >= 11 is 1.16. The number of aromatic nitrogens is 2. The van der Waals surface area contributed by atoms with Gasteiger partial charge in [0, 0.05) is 83.8 Å². The second-order valence-electron chi connectivity index (χ2n) is 9.99. The number of benzene rings is 3. The first kappa shape index (κ1) is 36.8. The Morgan fingerprint density at radius 2 is 1.15 bits per heavy atom. The van der Waals surface area contributed by atoms with Crippen LogP contribution in [0.15, 0.2) is 103 Å². The Morgan fingerprint density at radius 3 is 1.53 bits per heavy atom. The van der Waals surface area contributed by atoms with Gasteiger partial charge >= 0.3 is 6.18 Å². The van der Waals surface area contributed by atoms with Crippen LogP contribution in [0.1, 0.15) is 17.4 Å². The van der Waals surface area contributed by atoms with E-state index in [0.717, 1.165) is 55.4 Å². The molecule has 1 radical (unpaired) electrons. The number of rotatable bonds is 9. The first-order valence-corrected chi connectivity index (χ1v) is 14.9. The van der Waals surface area contributed by atoms with Gasteiger partial charge < -0.3 is 29.9 Å². The first-order chi connectivity index (χ1) is 22.2. The Balaban J connectivity index is 0.000000282. The van der Waals surface area contributed by atoms with E-state index < -0.39 is 24.8 Å². The predicted octanol–water partition coefficient (Wildman–Crippen LogP) is 6.87. The van der Waals surface area contributed by atoms with E-state index in [0.29, 0.717) is 16.4 Å². The maximum atomic E-state index is 11.9. The van der Waals surface area contributed by atoms with Crippen molar-refractivity contribution in [3.8, 4) is 33.8 Å². The molecule has 13 heteroatoms. The number of pyridine rings is 2. The molecule has 6 rings (SSSR count). The third-order valence-corrected chi connectivity index (χ3v) is 8.08. The molecule has 3 heterocycles. The molecule has 0 amide bonds. The molecule has 245 valence electrons. The Morgan fingerprint density at radius 1 is 0.681 bits per heavy atom. The summed E-state index contributed by atoms with van der Waals surface area (Å²) in [5.41, 5.74) is 5.81. The van der Waals surface area contributed by atoms with Gasteiger partial charge in [-0.3, -0.25) is 9.97 Å². The van der Waals surface area contributed by atoms with Crippen molar-refractivity contribution in [3.05, 3.63) is 108 Å². The monoisotopic (exact) mass is 803 g/mol. The van der Waals surface area contributed by atoms with Gasteiger partial charge in [-0.1, -0.05) is 42.5 Å². The second-order valence-corrected chi connectivity index (χ2v) is 11.0. The van der Waals surface area contributed by atoms with Crippen molar-refractivity contribution in [2.24, 2.45) is 0 Å². The fourth-order valence-electron chi connectivity index (χ4n) is 4.88. The summed E-state index contributed by atoms with van der Waals surface area (Å²) < 4.78 is 45.9. The van der Waals surface area contributed by atoms with Crippen LogP contribution in [0.5, 0.6) is 11.5 Å². The number of halogens is 3. The number of fused-ring (bicyclic) bond motifs is 3. The maximum Gasteiger partial charge on any atom is 0.414 e. The van der Waals surface area contributed by atoms with Crippen LogP contribution in [0.25, 0.3) is 44.1 Å². The first-order valence-electron chi connectivity index (χ1n) is 14.0. The van der Waals surface area contributed by atoms with Gasteiger partial charge in [0.05, 0.1) is 17.1 Å². The van der Waals surface area contributed by atoms with E-state index in [1.165, 1.54) is 6.07 Å². The summed E-state index contributed by atoms with van der Waals surface area (Å²) in [6, 6.07) is 26.5. The SMILES string of the molecule is OC(CC(O)C(F)(F)F)c1cccs1.OCOc1ccc(-c2ccnc3c2ccc2c(-c4ccc(OCO)cc4)ccnc23)cc1.[Eu]. The molecule has 4 N–H and O–H groups in total. The molecule has 0 spiro atoms. The van der Waals surface area contributed by atoms with Crippen LogP contribution in [-0.2, 0) is 0 Å². The smallest absolute Gasteiger partial charge is 0.414 e. The summed E-state index contributed by atoms with van der Waals surface area (Å²) in [5, 5.41) is 39.5. The van der Waals surface area contributed by atoms with Gasteiger partial charge in [0.15, 0.2) is 19.7 Å². The third-order valence-electron chi connectivity index (χ3n) is 7.11. The van der Waals surface area contributed by atoms with Crippen LogP contribution >= 0.6 is 11.3 Å². The molecule has 2 unspecified atom stereocenters. The van der Waals surface area contributed by atoms with Gasteiger partial charge in [0.1, 0.15) is 11.5 Å². The molecule has 6 aromatic rings. The van der Waals surface area contributed by atoms with Crippen LogP contribution in [0.4, 0.5) is 13.2 Å². The van der Waals surface area contributed by atoms with E-state index in [-0.39, 0.29) is 63.0 Å². The van der Waals surface area contributed by atoms with E-state index in [1.807, 2.05) is 60.7 Å². The fourth-order valence-corrected chi connectivity index (χ4v) is 5.61. The molecule has 3 aromatic carbocycles. The maximum absolute atomic E-state index is 11.9. The van der Waals surface area contributed by atoms with Crippen LogP contribution in [0.2, 0.25) is 0 Å². The molecule has 8 nitrogen and oxygen atoms in total. The number of nitrogens with zero attached hydrogens (tertiary/aromatic N) is 2. The number of hydrogen-bond acceptors (Lipinski definition) is 9. The van der Waals surface area contributed by atoms with Crippen LogP contribution < -0.4 is 9.47 Å². The Bertz CT molecular complexity index is 1770. The topological polar surface area (TPSA) is 125 Å². The molecular formula is C34H29EuF3N2O6S. The normalized spacial score (nSPS) is 12.5. The minimum absolute atomic E-state index is 0. The van der Waals surface area contributed by atoms with Crippen LogP contribution in [0.3, 0.4) is 0 Å². The molecule has 0 saturated heterocycles. The van der Waals surface area contributed by atoms with Gasteiger partial charge in [-0.2, -0.15) is 13.2 Å². The summed E-state index contributed by atoms with van der Waals surface area (Å²) in [7, 11) is 0. The quantitative estimate of drug-likeness (QED) is 0.0924. The predicted molar refractivity (Wildman–Crippen MR) is 169 cm³/mol. The van der Waals surface area contributed by atoms with Crippen molar-refractivity contribution in [3.63, 3.8) is 0 Å². The summed E-state index contributed by atoms with van der Waals surface area (Å²) in [5.74, 6) is 1.23. The van der Waals surface area contributed by atoms with Gasteiger partial charge in [-0.15, -0.1) is 11.3 Å². The minimum Gasteiger partial charge on any atom is -0.468 e. The van der Waals surface area contributed by atoms with Crippen molar-refractivity contribution in [1.29, 1.82) is 0 Å². The molecule has 0 bridgehead atoms. The standard InChI is InChI=1S/C26H20N2O4.C8H9F3O2S.Eu/c29-15-31-19-5-1-17(2-6-19)21-11-13-27-25-23(21)9-10-24-22(12-14-28-26(24)25)18-3-7-20(8-4-18)32-16-30;9-8(10,11)7(13)4-5(12)6-2-1-3-14-6;/h1-14,29-30H,15-16H2;1-3,5,7,12-13H,4H2;. The minimum atomic E-state index is -4.67. The fraction of sp³-hybridized carbons (Fsp3) is 0.176. The molecule has 2 atom stereocenters. The molecular weight excluding hydrogens is 773 g/mol. The molecule has 3 aromatic heterocycles. The van der Waals surface area contributed by atoms with Crippen molar-refractivity contribution >= 4 is 33.1 Å². The van der Waals surface area contributed by atoms with E-state index in [2.05, 4.69) is 22.1 Å². The van der Waals surface area contributed by atoms with Crippen molar-refractivity contribution < 1.29 is 92.4 Å². The van der Waals surface area contributed by atoms with E-state index in [9.17, 15) is 18.3 Å². The molecule has 0 fully saturated rings. The van der Waals surface area contributed by atoms with Gasteiger partial charge in [0.2, 0.25) is 0 Å². The largest absolute Gasteiger partial charge is 0.468 e. The zero-order chi connectivity index (χ0) is 32.7. The average molecular weight is 803 g/mol. The van der Waals surface area contributed by atoms with E-state index >= 15 is 0 Å². The Labute approximate surface area is 312 Å². The summed E-state index contributed by atoms with van der Waals surface area (Å²) in [4.78, 5) is 9.72. The zero-order valence-electron chi connectivity index (χ0n) is 24.5. The third kappa shape index (κ3) is 9.12.